The summed E-state index contributed by atoms with van der Waals surface area (Å²) < 4.78 is 61.9. The van der Waals surface area contributed by atoms with Gasteiger partial charge in [0.15, 0.2) is 0 Å². The van der Waals surface area contributed by atoms with E-state index in [9.17, 15) is 22.0 Å². The molecule has 1 N–H and O–H groups in total. The molecule has 2 heterocycles. The highest BCUT2D eigenvalue weighted by molar-refractivity contribution is 5.38. The first-order chi connectivity index (χ1) is 9.36. The number of pyridine rings is 1. The van der Waals surface area contributed by atoms with Crippen LogP contribution >= 0.6 is 0 Å². The van der Waals surface area contributed by atoms with Crippen molar-refractivity contribution in [2.45, 2.75) is 19.3 Å². The van der Waals surface area contributed by atoms with E-state index >= 15 is 0 Å². The Labute approximate surface area is 110 Å². The summed E-state index contributed by atoms with van der Waals surface area (Å²) >= 11 is 0. The van der Waals surface area contributed by atoms with Crippen molar-refractivity contribution >= 4 is 5.69 Å². The van der Waals surface area contributed by atoms with Crippen LogP contribution in [0.25, 0.3) is 0 Å². The molecule has 0 radical (unpaired) electrons. The quantitative estimate of drug-likeness (QED) is 0.879. The molecule has 0 amide bonds. The molecule has 0 saturated carbocycles. The van der Waals surface area contributed by atoms with Crippen LogP contribution in [0.5, 0.6) is 0 Å². The molecule has 0 fully saturated rings. The summed E-state index contributed by atoms with van der Waals surface area (Å²) in [5.41, 5.74) is -0.165. The number of hydrogen-bond donors (Lipinski definition) is 1. The standard InChI is InChI=1S/C11H9F5N4/c12-10(13)20-6-9(5-19-20)18-4-8-2-1-7(3-17-8)11(14,15)16/h1-3,5-6,10,18H,4H2. The highest BCUT2D eigenvalue weighted by Crippen LogP contribution is 2.28. The molecular formula is C11H9F5N4. The molecule has 0 bridgehead atoms. The van der Waals surface area contributed by atoms with E-state index in [4.69, 9.17) is 0 Å². The number of anilines is 1. The molecule has 2 aromatic rings. The zero-order valence-corrected chi connectivity index (χ0v) is 9.90. The van der Waals surface area contributed by atoms with Gasteiger partial charge in [-0.1, -0.05) is 0 Å². The number of alkyl halides is 5. The van der Waals surface area contributed by atoms with Gasteiger partial charge in [-0.3, -0.25) is 4.98 Å². The van der Waals surface area contributed by atoms with Crippen LogP contribution < -0.4 is 5.32 Å². The van der Waals surface area contributed by atoms with Crippen LogP contribution in [-0.2, 0) is 12.7 Å². The Morgan fingerprint density at radius 1 is 1.20 bits per heavy atom. The predicted molar refractivity (Wildman–Crippen MR) is 60.0 cm³/mol. The molecule has 0 aromatic carbocycles. The van der Waals surface area contributed by atoms with Gasteiger partial charge in [0.1, 0.15) is 0 Å². The zero-order valence-electron chi connectivity index (χ0n) is 9.90. The van der Waals surface area contributed by atoms with Crippen molar-refractivity contribution in [1.29, 1.82) is 0 Å². The van der Waals surface area contributed by atoms with E-state index in [1.807, 2.05) is 0 Å². The number of halogens is 5. The lowest BCUT2D eigenvalue weighted by molar-refractivity contribution is -0.137. The Morgan fingerprint density at radius 2 is 1.95 bits per heavy atom. The van der Waals surface area contributed by atoms with Crippen LogP contribution in [0.15, 0.2) is 30.7 Å². The fourth-order valence-electron chi connectivity index (χ4n) is 1.43. The van der Waals surface area contributed by atoms with Gasteiger partial charge in [-0.15, -0.1) is 0 Å². The van der Waals surface area contributed by atoms with Gasteiger partial charge >= 0.3 is 12.7 Å². The van der Waals surface area contributed by atoms with E-state index in [1.54, 1.807) is 0 Å². The van der Waals surface area contributed by atoms with Gasteiger partial charge in [-0.2, -0.15) is 27.1 Å². The van der Waals surface area contributed by atoms with Crippen LogP contribution in [0.1, 0.15) is 17.8 Å². The maximum absolute atomic E-state index is 12.3. The Bertz CT molecular complexity index is 561. The molecule has 0 spiro atoms. The van der Waals surface area contributed by atoms with Crippen molar-refractivity contribution < 1.29 is 22.0 Å². The van der Waals surface area contributed by atoms with Crippen molar-refractivity contribution in [3.05, 3.63) is 42.0 Å². The molecule has 108 valence electrons. The minimum atomic E-state index is -4.43. The lowest BCUT2D eigenvalue weighted by atomic mass is 10.2. The summed E-state index contributed by atoms with van der Waals surface area (Å²) in [5, 5.41) is 6.14. The fourth-order valence-corrected chi connectivity index (χ4v) is 1.43. The number of nitrogens with zero attached hydrogens (tertiary/aromatic N) is 3. The molecule has 2 rings (SSSR count). The first kappa shape index (κ1) is 14.2. The van der Waals surface area contributed by atoms with Crippen LogP contribution in [-0.4, -0.2) is 14.8 Å². The minimum absolute atomic E-state index is 0.104. The van der Waals surface area contributed by atoms with Crippen LogP contribution in [0.2, 0.25) is 0 Å². The number of rotatable bonds is 4. The molecule has 0 aliphatic rings. The van der Waals surface area contributed by atoms with E-state index < -0.39 is 18.3 Å². The Kier molecular flexibility index (Phi) is 3.86. The summed E-state index contributed by atoms with van der Waals surface area (Å²) in [5.74, 6) is 0. The van der Waals surface area contributed by atoms with E-state index in [0.717, 1.165) is 18.5 Å². The molecule has 0 unspecified atom stereocenters. The first-order valence-electron chi connectivity index (χ1n) is 5.44. The maximum Gasteiger partial charge on any atom is 0.417 e. The van der Waals surface area contributed by atoms with E-state index in [0.29, 0.717) is 16.1 Å². The van der Waals surface area contributed by atoms with Crippen LogP contribution in [0, 0.1) is 0 Å². The molecule has 9 heteroatoms. The van der Waals surface area contributed by atoms with Gasteiger partial charge < -0.3 is 5.32 Å². The lowest BCUT2D eigenvalue weighted by Gasteiger charge is -2.07. The third-order valence-electron chi connectivity index (χ3n) is 2.43. The molecule has 0 saturated heterocycles. The fraction of sp³-hybridized carbons (Fsp3) is 0.273. The molecule has 0 atom stereocenters. The highest BCUT2D eigenvalue weighted by Gasteiger charge is 2.30. The second kappa shape index (κ2) is 5.43. The van der Waals surface area contributed by atoms with Crippen molar-refractivity contribution in [3.8, 4) is 0 Å². The Morgan fingerprint density at radius 3 is 2.45 bits per heavy atom. The van der Waals surface area contributed by atoms with Gasteiger partial charge in [-0.25, -0.2) is 4.68 Å². The predicted octanol–water partition coefficient (Wildman–Crippen LogP) is 3.30. The Balaban J connectivity index is 1.97. The van der Waals surface area contributed by atoms with Gasteiger partial charge in [0.05, 0.1) is 35.9 Å². The number of nitrogens with one attached hydrogen (secondary N) is 1. The SMILES string of the molecule is FC(F)n1cc(NCc2ccc(C(F)(F)F)cn2)cn1. The van der Waals surface area contributed by atoms with E-state index in [2.05, 4.69) is 15.4 Å². The average molecular weight is 292 g/mol. The minimum Gasteiger partial charge on any atom is -0.377 e. The largest absolute Gasteiger partial charge is 0.417 e. The lowest BCUT2D eigenvalue weighted by Crippen LogP contribution is -2.07. The Hall–Kier alpha value is -2.19. The van der Waals surface area contributed by atoms with E-state index in [1.165, 1.54) is 12.3 Å². The normalized spacial score (nSPS) is 11.9. The molecular weight excluding hydrogens is 283 g/mol. The molecule has 4 nitrogen and oxygen atoms in total. The zero-order chi connectivity index (χ0) is 14.8. The third kappa shape index (κ3) is 3.43. The van der Waals surface area contributed by atoms with Crippen molar-refractivity contribution in [3.63, 3.8) is 0 Å². The number of hydrogen-bond acceptors (Lipinski definition) is 3. The molecule has 0 aliphatic heterocycles. The van der Waals surface area contributed by atoms with Gasteiger partial charge in [0, 0.05) is 6.20 Å². The van der Waals surface area contributed by atoms with Crippen LogP contribution in [0.3, 0.4) is 0 Å². The third-order valence-corrected chi connectivity index (χ3v) is 2.43. The summed E-state index contributed by atoms with van der Waals surface area (Å²) in [6.45, 7) is -2.64. The average Bonchev–Trinajstić information content (AvgIpc) is 2.85. The van der Waals surface area contributed by atoms with Gasteiger partial charge in [-0.05, 0) is 12.1 Å². The second-order valence-electron chi connectivity index (χ2n) is 3.88. The first-order valence-corrected chi connectivity index (χ1v) is 5.44. The van der Waals surface area contributed by atoms with Crippen molar-refractivity contribution in [1.82, 2.24) is 14.8 Å². The summed E-state index contributed by atoms with van der Waals surface area (Å²) in [7, 11) is 0. The van der Waals surface area contributed by atoms with Crippen molar-refractivity contribution in [2.24, 2.45) is 0 Å². The highest BCUT2D eigenvalue weighted by atomic mass is 19.4. The maximum atomic E-state index is 12.3. The second-order valence-corrected chi connectivity index (χ2v) is 3.88. The summed E-state index contributed by atoms with van der Waals surface area (Å²) in [6.07, 6.45) is -1.43. The summed E-state index contributed by atoms with van der Waals surface area (Å²) in [4.78, 5) is 3.64. The molecule has 20 heavy (non-hydrogen) atoms. The van der Waals surface area contributed by atoms with Gasteiger partial charge in [0.25, 0.3) is 0 Å². The topological polar surface area (TPSA) is 42.7 Å². The molecule has 2 aromatic heterocycles. The molecule has 0 aliphatic carbocycles. The number of aromatic nitrogens is 3. The smallest absolute Gasteiger partial charge is 0.377 e. The van der Waals surface area contributed by atoms with Crippen molar-refractivity contribution in [2.75, 3.05) is 5.32 Å². The van der Waals surface area contributed by atoms with Crippen LogP contribution in [0.4, 0.5) is 27.6 Å². The van der Waals surface area contributed by atoms with E-state index in [-0.39, 0.29) is 6.54 Å². The summed E-state index contributed by atoms with van der Waals surface area (Å²) in [6, 6.07) is 2.12. The monoisotopic (exact) mass is 292 g/mol. The van der Waals surface area contributed by atoms with Gasteiger partial charge in [0.2, 0.25) is 0 Å².